The van der Waals surface area contributed by atoms with Crippen LogP contribution in [0.2, 0.25) is 0 Å². The van der Waals surface area contributed by atoms with Gasteiger partial charge < -0.3 is 14.9 Å². The monoisotopic (exact) mass is 323 g/mol. The average Bonchev–Trinajstić information content (AvgIpc) is 2.18. The van der Waals surface area contributed by atoms with E-state index in [-0.39, 0.29) is 6.42 Å². The molecule has 114 valence electrons. The molecule has 5 N–H and O–H groups in total. The lowest BCUT2D eigenvalue weighted by Crippen LogP contribution is -2.57. The van der Waals surface area contributed by atoms with Gasteiger partial charge in [-0.2, -0.15) is 21.6 Å². The van der Waals surface area contributed by atoms with E-state index in [1.165, 1.54) is 0 Å². The number of ether oxygens (including phenoxy) is 1. The summed E-state index contributed by atoms with van der Waals surface area (Å²) >= 11 is 0. The van der Waals surface area contributed by atoms with Crippen LogP contribution in [0.5, 0.6) is 0 Å². The van der Waals surface area contributed by atoms with Crippen LogP contribution < -0.4 is 4.72 Å². The molecule has 0 radical (unpaired) electrons. The second kappa shape index (κ2) is 5.94. The summed E-state index contributed by atoms with van der Waals surface area (Å²) in [5.74, 6) is 0. The maximum atomic E-state index is 10.6. The first-order valence-corrected chi connectivity index (χ1v) is 7.66. The smallest absolute Gasteiger partial charge is 0.391 e. The van der Waals surface area contributed by atoms with Crippen LogP contribution in [-0.4, -0.2) is 67.3 Å². The van der Waals surface area contributed by atoms with Crippen LogP contribution in [0, 0.1) is 0 Å². The maximum absolute atomic E-state index is 10.6. The molecule has 0 spiro atoms. The maximum Gasteiger partial charge on any atom is 0.397 e. The highest BCUT2D eigenvalue weighted by Crippen LogP contribution is 2.20. The van der Waals surface area contributed by atoms with Crippen LogP contribution in [0.25, 0.3) is 0 Å². The predicted molar refractivity (Wildman–Crippen MR) is 57.5 cm³/mol. The first kappa shape index (κ1) is 16.7. The molecule has 1 rings (SSSR count). The number of aliphatic hydroxyl groups is 2. The minimum absolute atomic E-state index is 0.292. The van der Waals surface area contributed by atoms with Gasteiger partial charge in [0.2, 0.25) is 0 Å². The fraction of sp³-hybridized carbons (Fsp3) is 1.00. The van der Waals surface area contributed by atoms with Crippen LogP contribution in [0.4, 0.5) is 0 Å². The number of hydrogen-bond acceptors (Lipinski definition) is 8. The van der Waals surface area contributed by atoms with Crippen LogP contribution in [0.3, 0.4) is 0 Å². The Bertz CT molecular complexity index is 488. The summed E-state index contributed by atoms with van der Waals surface area (Å²) in [6.07, 6.45) is -4.67. The average molecular weight is 323 g/mol. The molecule has 0 aliphatic carbocycles. The third kappa shape index (κ3) is 6.07. The molecule has 1 saturated heterocycles. The summed E-state index contributed by atoms with van der Waals surface area (Å²) in [4.78, 5) is 0. The Morgan fingerprint density at radius 1 is 1.21 bits per heavy atom. The first-order chi connectivity index (χ1) is 8.48. The molecule has 1 aliphatic rings. The lowest BCUT2D eigenvalue weighted by Gasteiger charge is -2.36. The van der Waals surface area contributed by atoms with Crippen molar-refractivity contribution >= 4 is 20.7 Å². The van der Waals surface area contributed by atoms with Gasteiger partial charge in [-0.05, 0) is 0 Å². The number of aliphatic hydroxyl groups excluding tert-OH is 2. The Labute approximate surface area is 109 Å². The van der Waals surface area contributed by atoms with Crippen molar-refractivity contribution in [2.24, 2.45) is 0 Å². The lowest BCUT2D eigenvalue weighted by molar-refractivity contribution is -0.209. The summed E-state index contributed by atoms with van der Waals surface area (Å²) < 4.78 is 68.9. The van der Waals surface area contributed by atoms with Crippen molar-refractivity contribution in [3.63, 3.8) is 0 Å². The summed E-state index contributed by atoms with van der Waals surface area (Å²) in [6, 6.07) is -1.52. The molecule has 19 heavy (non-hydrogen) atoms. The topological polar surface area (TPSA) is 180 Å². The predicted octanol–water partition coefficient (Wildman–Crippen LogP) is -2.96. The molecule has 1 fully saturated rings. The normalized spacial score (nSPS) is 33.3. The van der Waals surface area contributed by atoms with Gasteiger partial charge in [0.25, 0.3) is 0 Å². The van der Waals surface area contributed by atoms with Crippen LogP contribution >= 0.6 is 0 Å². The van der Waals surface area contributed by atoms with Gasteiger partial charge in [-0.3, -0.25) is 9.11 Å². The van der Waals surface area contributed by atoms with Crippen molar-refractivity contribution < 1.29 is 45.1 Å². The molecule has 11 nitrogen and oxygen atoms in total. The zero-order chi connectivity index (χ0) is 14.8. The van der Waals surface area contributed by atoms with E-state index in [4.69, 9.17) is 13.8 Å². The molecule has 0 aromatic heterocycles. The Morgan fingerprint density at radius 2 is 1.79 bits per heavy atom. The minimum Gasteiger partial charge on any atom is -0.391 e. The zero-order valence-electron chi connectivity index (χ0n) is 9.28. The minimum atomic E-state index is -4.70. The molecule has 0 unspecified atom stereocenters. The molecule has 0 aromatic rings. The van der Waals surface area contributed by atoms with Crippen molar-refractivity contribution in [1.29, 1.82) is 0 Å². The van der Waals surface area contributed by atoms with E-state index >= 15 is 0 Å². The fourth-order valence-electron chi connectivity index (χ4n) is 1.52. The Morgan fingerprint density at radius 3 is 2.21 bits per heavy atom. The molecule has 0 saturated carbocycles. The fourth-order valence-corrected chi connectivity index (χ4v) is 2.46. The molecule has 0 aromatic carbocycles. The van der Waals surface area contributed by atoms with E-state index in [2.05, 4.69) is 4.18 Å². The van der Waals surface area contributed by atoms with Gasteiger partial charge in [0.15, 0.2) is 6.29 Å². The van der Waals surface area contributed by atoms with E-state index in [1.54, 1.807) is 4.72 Å². The molecular weight excluding hydrogens is 310 g/mol. The van der Waals surface area contributed by atoms with Crippen LogP contribution in [0.1, 0.15) is 6.42 Å². The highest BCUT2D eigenvalue weighted by molar-refractivity contribution is 7.83. The number of hydrogen-bond donors (Lipinski definition) is 5. The van der Waals surface area contributed by atoms with E-state index in [9.17, 15) is 27.0 Å². The summed E-state index contributed by atoms with van der Waals surface area (Å²) in [5, 5.41) is 19.0. The number of rotatable bonds is 5. The second-order valence-electron chi connectivity index (χ2n) is 3.78. The third-order valence-corrected chi connectivity index (χ3v) is 3.25. The Kier molecular flexibility index (Phi) is 5.21. The highest BCUT2D eigenvalue weighted by atomic mass is 32.3. The molecule has 4 atom stereocenters. The standard InChI is InChI=1S/C6H13NO10S2/c8-4-1-3(2-16-19(13,14)15)17-6(9)5(4)7-18(10,11)12/h3-9H,1-2H2,(H,10,11,12)(H,13,14,15)/t3-,4-,5+,6-/m0/s1. The zero-order valence-corrected chi connectivity index (χ0v) is 10.9. The van der Waals surface area contributed by atoms with Crippen LogP contribution in [0.15, 0.2) is 0 Å². The third-order valence-electron chi connectivity index (χ3n) is 2.25. The summed E-state index contributed by atoms with van der Waals surface area (Å²) in [5.41, 5.74) is 0. The Balaban J connectivity index is 2.61. The first-order valence-electron chi connectivity index (χ1n) is 4.86. The quantitative estimate of drug-likeness (QED) is 0.328. The van der Waals surface area contributed by atoms with Crippen molar-refractivity contribution in [3.05, 3.63) is 0 Å². The van der Waals surface area contributed by atoms with Gasteiger partial charge in [-0.1, -0.05) is 0 Å². The Hall–Kier alpha value is -0.380. The lowest BCUT2D eigenvalue weighted by atomic mass is 10.0. The van der Waals surface area contributed by atoms with Crippen molar-refractivity contribution in [2.45, 2.75) is 31.0 Å². The van der Waals surface area contributed by atoms with Gasteiger partial charge in [-0.15, -0.1) is 0 Å². The largest absolute Gasteiger partial charge is 0.397 e. The number of nitrogens with one attached hydrogen (secondary N) is 1. The van der Waals surface area contributed by atoms with Gasteiger partial charge in [0.1, 0.15) is 6.04 Å². The van der Waals surface area contributed by atoms with Crippen LogP contribution in [-0.2, 0) is 29.6 Å². The van der Waals surface area contributed by atoms with Gasteiger partial charge in [0, 0.05) is 6.42 Å². The molecule has 0 amide bonds. The van der Waals surface area contributed by atoms with Crippen molar-refractivity contribution in [2.75, 3.05) is 6.61 Å². The second-order valence-corrected chi connectivity index (χ2v) is 6.06. The molecule has 1 aliphatic heterocycles. The van der Waals surface area contributed by atoms with Crippen molar-refractivity contribution in [1.82, 2.24) is 4.72 Å². The van der Waals surface area contributed by atoms with E-state index in [0.717, 1.165) is 0 Å². The molecular formula is C6H13NO10S2. The van der Waals surface area contributed by atoms with Gasteiger partial charge >= 0.3 is 20.7 Å². The van der Waals surface area contributed by atoms with Gasteiger partial charge in [0.05, 0.1) is 18.8 Å². The van der Waals surface area contributed by atoms with Crippen molar-refractivity contribution in [3.8, 4) is 0 Å². The van der Waals surface area contributed by atoms with E-state index < -0.39 is 51.8 Å². The SMILES string of the molecule is O=S(=O)(O)N[C@@H]1[C@@H](O)C[C@@H](COS(=O)(=O)O)O[C@@H]1O. The molecule has 0 bridgehead atoms. The molecule has 13 heteroatoms. The highest BCUT2D eigenvalue weighted by Gasteiger charge is 2.39. The molecule has 1 heterocycles. The van der Waals surface area contributed by atoms with E-state index in [1.807, 2.05) is 0 Å². The summed E-state index contributed by atoms with van der Waals surface area (Å²) in [7, 11) is -9.36. The van der Waals surface area contributed by atoms with Gasteiger partial charge in [-0.25, -0.2) is 4.18 Å². The van der Waals surface area contributed by atoms with E-state index in [0.29, 0.717) is 0 Å². The summed E-state index contributed by atoms with van der Waals surface area (Å²) in [6.45, 7) is -0.675.